The van der Waals surface area contributed by atoms with Crippen LogP contribution in [0.25, 0.3) is 0 Å². The van der Waals surface area contributed by atoms with Crippen molar-refractivity contribution >= 4 is 0 Å². The Hall–Kier alpha value is -0.300. The maximum absolute atomic E-state index is 3.45. The molecule has 0 amide bonds. The molecule has 16 heavy (non-hydrogen) atoms. The molecule has 0 saturated heterocycles. The predicted molar refractivity (Wildman–Crippen MR) is 72.6 cm³/mol. The van der Waals surface area contributed by atoms with E-state index in [1.54, 1.807) is 0 Å². The van der Waals surface area contributed by atoms with Crippen LogP contribution in [0.3, 0.4) is 0 Å². The van der Waals surface area contributed by atoms with Gasteiger partial charge < -0.3 is 5.32 Å². The molecule has 1 nitrogen and oxygen atoms in total. The minimum atomic E-state index is 0.618. The third-order valence-electron chi connectivity index (χ3n) is 3.67. The molecule has 1 fully saturated rings. The molecule has 0 aromatic rings. The second kappa shape index (κ2) is 7.89. The van der Waals surface area contributed by atoms with Crippen molar-refractivity contribution in [1.82, 2.24) is 5.32 Å². The van der Waals surface area contributed by atoms with Gasteiger partial charge in [0.05, 0.1) is 0 Å². The number of hydrogen-bond donors (Lipinski definition) is 1. The fourth-order valence-electron chi connectivity index (χ4n) is 2.62. The van der Waals surface area contributed by atoms with Gasteiger partial charge in [0, 0.05) is 6.04 Å². The highest BCUT2D eigenvalue weighted by molar-refractivity contribution is 4.91. The van der Waals surface area contributed by atoms with E-state index in [0.717, 1.165) is 18.4 Å². The van der Waals surface area contributed by atoms with E-state index in [0.29, 0.717) is 6.04 Å². The monoisotopic (exact) mass is 223 g/mol. The summed E-state index contributed by atoms with van der Waals surface area (Å²) in [7, 11) is 0. The molecule has 1 saturated carbocycles. The van der Waals surface area contributed by atoms with Crippen molar-refractivity contribution in [1.29, 1.82) is 0 Å². The van der Waals surface area contributed by atoms with E-state index in [9.17, 15) is 0 Å². The van der Waals surface area contributed by atoms with Crippen LogP contribution in [-0.2, 0) is 0 Å². The van der Waals surface area contributed by atoms with E-state index in [1.807, 2.05) is 0 Å². The van der Waals surface area contributed by atoms with Crippen LogP contribution in [0, 0.1) is 11.8 Å². The smallest absolute Gasteiger partial charge is 0.00105 e. The van der Waals surface area contributed by atoms with Gasteiger partial charge in [-0.2, -0.15) is 0 Å². The van der Waals surface area contributed by atoms with Crippen LogP contribution in [-0.4, -0.2) is 12.6 Å². The number of allylic oxidation sites excluding steroid dienone is 1. The summed E-state index contributed by atoms with van der Waals surface area (Å²) >= 11 is 0. The van der Waals surface area contributed by atoms with Gasteiger partial charge in [0.1, 0.15) is 0 Å². The van der Waals surface area contributed by atoms with Gasteiger partial charge in [-0.15, -0.1) is 0 Å². The summed E-state index contributed by atoms with van der Waals surface area (Å²) < 4.78 is 0. The molecule has 0 heterocycles. The standard InChI is InChI=1S/C15H29N/c1-4-14-9-7-10-15(12-14)8-5-6-11-16-13(2)3/h5,8,13-16H,4,6-7,9-12H2,1-3H3. The lowest BCUT2D eigenvalue weighted by molar-refractivity contribution is 0.297. The first-order valence-corrected chi connectivity index (χ1v) is 7.12. The molecule has 0 spiro atoms. The quantitative estimate of drug-likeness (QED) is 0.527. The Morgan fingerprint density at radius 1 is 1.31 bits per heavy atom. The van der Waals surface area contributed by atoms with Crippen molar-refractivity contribution in [3.63, 3.8) is 0 Å². The summed E-state index contributed by atoms with van der Waals surface area (Å²) in [6, 6.07) is 0.618. The molecule has 0 aliphatic heterocycles. The highest BCUT2D eigenvalue weighted by Gasteiger charge is 2.18. The average Bonchev–Trinajstić information content (AvgIpc) is 2.28. The predicted octanol–water partition coefficient (Wildman–Crippen LogP) is 4.15. The first-order valence-electron chi connectivity index (χ1n) is 7.12. The Kier molecular flexibility index (Phi) is 6.79. The third kappa shape index (κ3) is 5.69. The molecule has 2 unspecified atom stereocenters. The first kappa shape index (κ1) is 13.8. The zero-order valence-electron chi connectivity index (χ0n) is 11.3. The second-order valence-electron chi connectivity index (χ2n) is 5.53. The van der Waals surface area contributed by atoms with Crippen LogP contribution in [0.2, 0.25) is 0 Å². The van der Waals surface area contributed by atoms with Gasteiger partial charge in [0.25, 0.3) is 0 Å². The molecule has 0 aromatic carbocycles. The van der Waals surface area contributed by atoms with Gasteiger partial charge in [-0.1, -0.05) is 52.2 Å². The summed E-state index contributed by atoms with van der Waals surface area (Å²) in [5, 5.41) is 3.45. The van der Waals surface area contributed by atoms with Crippen LogP contribution in [0.1, 0.15) is 59.3 Å². The van der Waals surface area contributed by atoms with Crippen LogP contribution in [0.15, 0.2) is 12.2 Å². The molecular formula is C15H29N. The molecule has 0 radical (unpaired) electrons. The maximum Gasteiger partial charge on any atom is 0.00105 e. The minimum absolute atomic E-state index is 0.618. The lowest BCUT2D eigenvalue weighted by Gasteiger charge is -2.26. The van der Waals surface area contributed by atoms with Crippen LogP contribution in [0.4, 0.5) is 0 Å². The van der Waals surface area contributed by atoms with Crippen molar-refractivity contribution in [3.05, 3.63) is 12.2 Å². The van der Waals surface area contributed by atoms with Crippen molar-refractivity contribution in [2.75, 3.05) is 6.54 Å². The molecule has 1 rings (SSSR count). The summed E-state index contributed by atoms with van der Waals surface area (Å²) in [5.74, 6) is 1.87. The van der Waals surface area contributed by atoms with Crippen molar-refractivity contribution < 1.29 is 0 Å². The number of nitrogens with one attached hydrogen (secondary N) is 1. The average molecular weight is 223 g/mol. The Labute approximate surface area is 102 Å². The van der Waals surface area contributed by atoms with Gasteiger partial charge >= 0.3 is 0 Å². The van der Waals surface area contributed by atoms with E-state index in [4.69, 9.17) is 0 Å². The van der Waals surface area contributed by atoms with E-state index in [2.05, 4.69) is 38.2 Å². The Bertz CT molecular complexity index is 196. The van der Waals surface area contributed by atoms with E-state index in [1.165, 1.54) is 38.5 Å². The Balaban J connectivity index is 2.13. The maximum atomic E-state index is 3.45. The van der Waals surface area contributed by atoms with Gasteiger partial charge in [0.15, 0.2) is 0 Å². The normalized spacial score (nSPS) is 26.8. The summed E-state index contributed by atoms with van der Waals surface area (Å²) in [5.41, 5.74) is 0. The molecule has 2 atom stereocenters. The van der Waals surface area contributed by atoms with E-state index in [-0.39, 0.29) is 0 Å². The van der Waals surface area contributed by atoms with Gasteiger partial charge in [-0.25, -0.2) is 0 Å². The lowest BCUT2D eigenvalue weighted by atomic mass is 9.80. The van der Waals surface area contributed by atoms with E-state index >= 15 is 0 Å². The highest BCUT2D eigenvalue weighted by Crippen LogP contribution is 2.31. The van der Waals surface area contributed by atoms with Gasteiger partial charge in [-0.05, 0) is 37.6 Å². The van der Waals surface area contributed by atoms with Crippen LogP contribution >= 0.6 is 0 Å². The molecule has 1 heteroatoms. The SMILES string of the molecule is CCC1CCCC(C=CCCNC(C)C)C1. The molecular weight excluding hydrogens is 194 g/mol. The molecule has 0 bridgehead atoms. The van der Waals surface area contributed by atoms with Crippen molar-refractivity contribution in [2.24, 2.45) is 11.8 Å². The second-order valence-corrected chi connectivity index (χ2v) is 5.53. The van der Waals surface area contributed by atoms with Gasteiger partial charge in [0.2, 0.25) is 0 Å². The first-order chi connectivity index (χ1) is 7.72. The Morgan fingerprint density at radius 2 is 2.12 bits per heavy atom. The summed E-state index contributed by atoms with van der Waals surface area (Å²) in [6.45, 7) is 7.87. The Morgan fingerprint density at radius 3 is 2.81 bits per heavy atom. The molecule has 0 aromatic heterocycles. The van der Waals surface area contributed by atoms with Crippen LogP contribution < -0.4 is 5.32 Å². The lowest BCUT2D eigenvalue weighted by Crippen LogP contribution is -2.23. The van der Waals surface area contributed by atoms with Crippen molar-refractivity contribution in [2.45, 2.75) is 65.3 Å². The molecule has 1 aliphatic carbocycles. The van der Waals surface area contributed by atoms with Gasteiger partial charge in [-0.3, -0.25) is 0 Å². The molecule has 94 valence electrons. The minimum Gasteiger partial charge on any atom is -0.314 e. The largest absolute Gasteiger partial charge is 0.314 e. The third-order valence-corrected chi connectivity index (χ3v) is 3.67. The fourth-order valence-corrected chi connectivity index (χ4v) is 2.62. The molecule has 1 N–H and O–H groups in total. The summed E-state index contributed by atoms with van der Waals surface area (Å²) in [6.07, 6.45) is 13.2. The highest BCUT2D eigenvalue weighted by atomic mass is 14.9. The van der Waals surface area contributed by atoms with E-state index < -0.39 is 0 Å². The summed E-state index contributed by atoms with van der Waals surface area (Å²) in [4.78, 5) is 0. The topological polar surface area (TPSA) is 12.0 Å². The fraction of sp³-hybridized carbons (Fsp3) is 0.867. The zero-order valence-corrected chi connectivity index (χ0v) is 11.3. The molecule has 1 aliphatic rings. The number of rotatable bonds is 6. The zero-order chi connectivity index (χ0) is 11.8. The van der Waals surface area contributed by atoms with Crippen molar-refractivity contribution in [3.8, 4) is 0 Å². The number of hydrogen-bond acceptors (Lipinski definition) is 1. The van der Waals surface area contributed by atoms with Crippen LogP contribution in [0.5, 0.6) is 0 Å².